The van der Waals surface area contributed by atoms with E-state index in [1.54, 1.807) is 52.0 Å². The van der Waals surface area contributed by atoms with Crippen molar-refractivity contribution in [2.75, 3.05) is 44.6 Å². The third kappa shape index (κ3) is 18.7. The molecule has 84 heavy (non-hydrogen) atoms. The van der Waals surface area contributed by atoms with E-state index in [0.717, 1.165) is 23.3 Å². The molecular weight excluding hydrogens is 1130 g/mol. The van der Waals surface area contributed by atoms with Gasteiger partial charge in [-0.05, 0) is 107 Å². The first-order valence-electron chi connectivity index (χ1n) is 28.8. The minimum absolute atomic E-state index is 0.0127. The number of primary amides is 1. The van der Waals surface area contributed by atoms with Gasteiger partial charge in [-0.1, -0.05) is 81.6 Å². The minimum Gasteiger partial charge on any atom is -0.495 e. The number of unbranched alkanes of at least 4 members (excludes halogenated alkanes) is 2. The number of nitrogens with two attached hydrogens (primary N) is 1. The minimum atomic E-state index is -1.68. The molecule has 6 N–H and O–H groups in total. The Hall–Kier alpha value is -6.13. The fourth-order valence-corrected chi connectivity index (χ4v) is 11.4. The molecule has 0 radical (unpaired) electrons. The first kappa shape index (κ1) is 68.6. The Morgan fingerprint density at radius 2 is 1.73 bits per heavy atom. The van der Waals surface area contributed by atoms with Crippen LogP contribution in [0.1, 0.15) is 137 Å². The molecule has 9 atom stereocenters. The molecule has 3 aliphatic heterocycles. The van der Waals surface area contributed by atoms with Gasteiger partial charge in [0.2, 0.25) is 11.8 Å². The van der Waals surface area contributed by atoms with Crippen LogP contribution in [-0.2, 0) is 65.3 Å². The molecule has 2 aromatic rings. The van der Waals surface area contributed by atoms with E-state index < -0.39 is 108 Å². The SMILES string of the molecule is CCC(CC)C(=O)OCCCCCC(=O)C[C@H](C(=O)N[C@@H](CCCNC(N)=O)C(=O)Cc1cc(Cl)c(NC(=O)O[C@H]2CC(=O)N(C)c3cc(cc(OC)c3Cl)C/C(C)=C/C=C/[C@@H](OC)[C@]3(O)CC(=O)O[C@@H](C3)[C@@H](C)[C@@H]3O[C@@]23C)cc1F)C(C)C. The molecule has 3 aliphatic rings. The number of ether oxygens (including phenoxy) is 6. The van der Waals surface area contributed by atoms with Crippen LogP contribution in [0.15, 0.2) is 48.1 Å². The number of nitrogens with zero attached hydrogens (tertiary/aromatic N) is 1. The zero-order valence-electron chi connectivity index (χ0n) is 49.9. The first-order valence-corrected chi connectivity index (χ1v) is 29.5. The number of aliphatic hydroxyl groups is 1. The Morgan fingerprint density at radius 1 is 1.01 bits per heavy atom. The lowest BCUT2D eigenvalue weighted by Gasteiger charge is -2.41. The van der Waals surface area contributed by atoms with Crippen molar-refractivity contribution >= 4 is 82.0 Å². The lowest BCUT2D eigenvalue weighted by Crippen LogP contribution is -2.53. The van der Waals surface area contributed by atoms with E-state index in [2.05, 4.69) is 16.0 Å². The number of ketones is 2. The highest BCUT2D eigenvalue weighted by Gasteiger charge is 2.64. The second-order valence-corrected chi connectivity index (χ2v) is 23.6. The van der Waals surface area contributed by atoms with Gasteiger partial charge in [0.15, 0.2) is 5.78 Å². The van der Waals surface area contributed by atoms with Crippen LogP contribution in [0.4, 0.5) is 25.4 Å². The highest BCUT2D eigenvalue weighted by molar-refractivity contribution is 6.35. The molecule has 20 nitrogen and oxygen atoms in total. The van der Waals surface area contributed by atoms with Crippen LogP contribution >= 0.6 is 23.2 Å². The monoisotopic (exact) mass is 1220 g/mol. The molecule has 23 heteroatoms. The fraction of sp³-hybridized carbons (Fsp3) is 0.607. The molecule has 464 valence electrons. The first-order chi connectivity index (χ1) is 39.7. The van der Waals surface area contributed by atoms with Gasteiger partial charge in [-0.2, -0.15) is 0 Å². The van der Waals surface area contributed by atoms with E-state index >= 15 is 4.39 Å². The smallest absolute Gasteiger partial charge is 0.412 e. The molecule has 5 rings (SSSR count). The van der Waals surface area contributed by atoms with Crippen molar-refractivity contribution in [3.05, 3.63) is 75.1 Å². The zero-order valence-corrected chi connectivity index (χ0v) is 51.4. The van der Waals surface area contributed by atoms with Gasteiger partial charge in [0.1, 0.15) is 51.9 Å². The molecule has 2 fully saturated rings. The number of hydrogen-bond acceptors (Lipinski definition) is 15. The molecule has 0 spiro atoms. The van der Waals surface area contributed by atoms with Crippen molar-refractivity contribution in [2.24, 2.45) is 29.4 Å². The van der Waals surface area contributed by atoms with Crippen LogP contribution in [0.3, 0.4) is 0 Å². The summed E-state index contributed by atoms with van der Waals surface area (Å²) in [6, 6.07) is 3.53. The number of amides is 5. The van der Waals surface area contributed by atoms with Crippen molar-refractivity contribution in [1.82, 2.24) is 10.6 Å². The van der Waals surface area contributed by atoms with Gasteiger partial charge < -0.3 is 54.8 Å². The molecule has 0 unspecified atom stereocenters. The fourth-order valence-electron chi connectivity index (χ4n) is 10.9. The molecule has 4 bridgehead atoms. The van der Waals surface area contributed by atoms with Gasteiger partial charge in [-0.25, -0.2) is 14.0 Å². The van der Waals surface area contributed by atoms with Crippen LogP contribution < -0.4 is 31.3 Å². The molecule has 2 saturated heterocycles. The number of anilines is 2. The van der Waals surface area contributed by atoms with Crippen LogP contribution in [0, 0.1) is 29.5 Å². The summed E-state index contributed by atoms with van der Waals surface area (Å²) in [5, 5.41) is 19.6. The number of halogens is 3. The molecule has 3 heterocycles. The van der Waals surface area contributed by atoms with Crippen molar-refractivity contribution in [1.29, 1.82) is 0 Å². The predicted molar refractivity (Wildman–Crippen MR) is 314 cm³/mol. The number of epoxide rings is 1. The summed E-state index contributed by atoms with van der Waals surface area (Å²) in [7, 11) is 4.37. The summed E-state index contributed by atoms with van der Waals surface area (Å²) in [4.78, 5) is 108. The Labute approximate surface area is 501 Å². The Kier molecular flexibility index (Phi) is 25.6. The summed E-state index contributed by atoms with van der Waals surface area (Å²) in [6.45, 7) is 13.0. The van der Waals surface area contributed by atoms with Crippen LogP contribution in [0.25, 0.3) is 0 Å². The number of urea groups is 1. The van der Waals surface area contributed by atoms with Crippen molar-refractivity contribution in [2.45, 2.75) is 180 Å². The maximum Gasteiger partial charge on any atom is 0.412 e. The number of allylic oxidation sites excluding steroid dienone is 3. The van der Waals surface area contributed by atoms with Gasteiger partial charge in [0.25, 0.3) is 0 Å². The Balaban J connectivity index is 1.34. The number of Topliss-reactive ketones (excluding diaryl/α,β-unsaturated/α-hetero) is 2. The Morgan fingerprint density at radius 3 is 2.38 bits per heavy atom. The maximum atomic E-state index is 16.2. The van der Waals surface area contributed by atoms with E-state index in [-0.39, 0.29) is 96.6 Å². The van der Waals surface area contributed by atoms with Crippen LogP contribution in [0.5, 0.6) is 5.75 Å². The molecular formula is C61H84Cl2FN5O15. The highest BCUT2D eigenvalue weighted by atomic mass is 35.5. The number of carbonyl (C=O) groups excluding carboxylic acids is 8. The van der Waals surface area contributed by atoms with Gasteiger partial charge in [-0.3, -0.25) is 34.1 Å². The normalized spacial score (nSPS) is 24.4. The van der Waals surface area contributed by atoms with E-state index in [1.165, 1.54) is 26.2 Å². The van der Waals surface area contributed by atoms with Gasteiger partial charge >= 0.3 is 24.1 Å². The number of esters is 2. The molecule has 0 saturated carbocycles. The standard InChI is InChI=1S/C61H84Cl2FN5O15/c1-11-38(12-2)57(75)81-23-15-13-14-19-40(70)29-41(34(3)4)56(74)67-44(20-17-22-66-58(65)76)47(71)28-39-27-42(62)45(30-43(39)64)68-59(77)83-51-31-52(72)69(8)46-25-37(26-48(79-9)54(46)63)24-35(5)18-16-21-50(80-10)61(78)32-49(82-53(73)33-61)36(6)55-60(51,7)84-55/h16,18,21,25-27,30,34,36,38,41,44,49-51,55,78H,11-15,17,19-20,22-24,28-29,31-33H2,1-10H3,(H,67,74)(H,68,77)(H3,65,66,76)/b21-16+,35-18+/t36-,41+,44+,49+,50-,51+,55+,60+,61-/m1/s1. The van der Waals surface area contributed by atoms with Crippen molar-refractivity contribution in [3.63, 3.8) is 0 Å². The topological polar surface area (TPSA) is 281 Å². The van der Waals surface area contributed by atoms with Crippen LogP contribution in [0.2, 0.25) is 10.0 Å². The molecule has 5 amide bonds. The lowest BCUT2D eigenvalue weighted by atomic mass is 9.78. The van der Waals surface area contributed by atoms with Crippen LogP contribution in [-0.4, -0.2) is 129 Å². The zero-order chi connectivity index (χ0) is 62.2. The third-order valence-corrected chi connectivity index (χ3v) is 16.8. The van der Waals surface area contributed by atoms with Crippen molar-refractivity contribution < 1.29 is 76.3 Å². The Bertz CT molecular complexity index is 2780. The summed E-state index contributed by atoms with van der Waals surface area (Å²) in [5.41, 5.74) is 3.63. The second-order valence-electron chi connectivity index (χ2n) is 22.8. The third-order valence-electron chi connectivity index (χ3n) is 16.1. The predicted octanol–water partition coefficient (Wildman–Crippen LogP) is 9.23. The number of rotatable bonds is 25. The molecule has 0 aliphatic carbocycles. The molecule has 0 aromatic heterocycles. The quantitative estimate of drug-likeness (QED) is 0.0268. The van der Waals surface area contributed by atoms with Gasteiger partial charge in [-0.15, -0.1) is 0 Å². The highest BCUT2D eigenvalue weighted by Crippen LogP contribution is 2.50. The van der Waals surface area contributed by atoms with E-state index in [9.17, 15) is 43.5 Å². The number of carbonyl (C=O) groups is 8. The summed E-state index contributed by atoms with van der Waals surface area (Å²) in [6.07, 6.45) is 2.50. The second kappa shape index (κ2) is 31.3. The maximum absolute atomic E-state index is 16.2. The average Bonchev–Trinajstić information content (AvgIpc) is 1.83. The van der Waals surface area contributed by atoms with Gasteiger partial charge in [0.05, 0.1) is 61.0 Å². The number of hydrogen-bond donors (Lipinski definition) is 5. The number of methoxy groups -OCH3 is 2. The number of nitrogens with one attached hydrogen (secondary N) is 3. The number of fused-ring (bicyclic) bond motifs is 5. The largest absolute Gasteiger partial charge is 0.495 e. The van der Waals surface area contributed by atoms with E-state index in [4.69, 9.17) is 57.4 Å². The molecule has 2 aromatic carbocycles. The van der Waals surface area contributed by atoms with E-state index in [0.29, 0.717) is 50.0 Å². The number of benzene rings is 2. The summed E-state index contributed by atoms with van der Waals surface area (Å²) in [5.74, 6) is -5.33. The lowest BCUT2D eigenvalue weighted by molar-refractivity contribution is -0.187. The summed E-state index contributed by atoms with van der Waals surface area (Å²) >= 11 is 13.5. The summed E-state index contributed by atoms with van der Waals surface area (Å²) < 4.78 is 51.0. The average molecular weight is 1220 g/mol. The van der Waals surface area contributed by atoms with E-state index in [1.807, 2.05) is 26.8 Å². The van der Waals surface area contributed by atoms with Gasteiger partial charge in [0, 0.05) is 58.2 Å². The van der Waals surface area contributed by atoms with Crippen molar-refractivity contribution in [3.8, 4) is 5.75 Å².